The molecule has 13 heteroatoms. The van der Waals surface area contributed by atoms with Gasteiger partial charge in [-0.3, -0.25) is 19.4 Å². The van der Waals surface area contributed by atoms with Crippen molar-refractivity contribution in [2.75, 3.05) is 31.5 Å². The number of amides is 2. The summed E-state index contributed by atoms with van der Waals surface area (Å²) in [7, 11) is 0. The summed E-state index contributed by atoms with van der Waals surface area (Å²) in [5, 5.41) is 4.61. The first-order chi connectivity index (χ1) is 15.2. The molecule has 0 radical (unpaired) electrons. The van der Waals surface area contributed by atoms with Crippen LogP contribution in [-0.4, -0.2) is 78.2 Å². The number of fused-ring (bicyclic) bond motifs is 2. The lowest BCUT2D eigenvalue weighted by Crippen LogP contribution is -2.57. The van der Waals surface area contributed by atoms with E-state index in [-0.39, 0.29) is 47.5 Å². The second kappa shape index (κ2) is 9.59. The first kappa shape index (κ1) is 25.4. The van der Waals surface area contributed by atoms with Gasteiger partial charge in [0, 0.05) is 36.9 Å². The zero-order valence-electron chi connectivity index (χ0n) is 17.9. The lowest BCUT2D eigenvalue weighted by molar-refractivity contribution is -0.188. The highest BCUT2D eigenvalue weighted by Crippen LogP contribution is 2.32. The van der Waals surface area contributed by atoms with Gasteiger partial charge in [0.05, 0.1) is 18.1 Å². The van der Waals surface area contributed by atoms with Gasteiger partial charge in [-0.2, -0.15) is 22.0 Å². The number of hydrogen-bond donors (Lipinski definition) is 2. The number of likely N-dealkylation sites (tertiary alicyclic amines) is 2. The average Bonchev–Trinajstić information content (AvgIpc) is 3.22. The van der Waals surface area contributed by atoms with E-state index < -0.39 is 24.2 Å². The van der Waals surface area contributed by atoms with E-state index in [1.54, 1.807) is 0 Å². The van der Waals surface area contributed by atoms with E-state index in [2.05, 4.69) is 10.1 Å². The largest absolute Gasteiger partial charge is 0.433 e. The van der Waals surface area contributed by atoms with Crippen molar-refractivity contribution in [2.24, 2.45) is 0 Å². The number of rotatable bonds is 8. The Balaban J connectivity index is 1.49. The Hall–Kier alpha value is -2.18. The molecule has 2 aliphatic rings. The Morgan fingerprint density at radius 2 is 1.70 bits per heavy atom. The van der Waals surface area contributed by atoms with Crippen LogP contribution in [0.4, 0.5) is 27.6 Å². The van der Waals surface area contributed by atoms with Crippen molar-refractivity contribution in [1.29, 1.82) is 0 Å². The van der Waals surface area contributed by atoms with E-state index in [4.69, 9.17) is 11.6 Å². The number of anilines is 1. The molecule has 0 aliphatic carbocycles. The number of piperazine rings is 1. The van der Waals surface area contributed by atoms with Crippen LogP contribution >= 0.6 is 11.6 Å². The topological polar surface area (TPSA) is 73.9 Å². The minimum absolute atomic E-state index is 0.0205. The number of benzene rings is 1. The van der Waals surface area contributed by atoms with E-state index in [0.29, 0.717) is 19.5 Å². The van der Waals surface area contributed by atoms with Gasteiger partial charge in [0.15, 0.2) is 0 Å². The molecule has 1 aromatic rings. The van der Waals surface area contributed by atoms with Gasteiger partial charge in [0.2, 0.25) is 11.8 Å². The van der Waals surface area contributed by atoms with Crippen LogP contribution in [0.25, 0.3) is 0 Å². The predicted octanol–water partition coefficient (Wildman–Crippen LogP) is 3.10. The Morgan fingerprint density at radius 3 is 2.21 bits per heavy atom. The zero-order chi connectivity index (χ0) is 24.6. The summed E-state index contributed by atoms with van der Waals surface area (Å²) in [6.07, 6.45) is -3.87. The fourth-order valence-electron chi connectivity index (χ4n) is 4.01. The van der Waals surface area contributed by atoms with Crippen LogP contribution in [0.2, 0.25) is 5.02 Å². The van der Waals surface area contributed by atoms with Crippen LogP contribution in [0.5, 0.6) is 5.75 Å². The first-order valence-electron chi connectivity index (χ1n) is 10.1. The van der Waals surface area contributed by atoms with Gasteiger partial charge in [-0.15, -0.1) is 0 Å². The van der Waals surface area contributed by atoms with Gasteiger partial charge < -0.3 is 15.4 Å². The minimum atomic E-state index is -4.56. The third kappa shape index (κ3) is 6.24. The van der Waals surface area contributed by atoms with Crippen LogP contribution in [-0.2, 0) is 9.59 Å². The molecule has 2 unspecified atom stereocenters. The van der Waals surface area contributed by atoms with Crippen molar-refractivity contribution in [3.63, 3.8) is 0 Å². The number of nitrogens with one attached hydrogen (secondary N) is 2. The summed E-state index contributed by atoms with van der Waals surface area (Å²) in [4.78, 5) is 28.3. The fourth-order valence-corrected chi connectivity index (χ4v) is 4.18. The van der Waals surface area contributed by atoms with Crippen molar-refractivity contribution >= 4 is 29.1 Å². The van der Waals surface area contributed by atoms with Gasteiger partial charge in [0.25, 0.3) is 0 Å². The van der Waals surface area contributed by atoms with Crippen molar-refractivity contribution in [3.05, 3.63) is 23.2 Å². The van der Waals surface area contributed by atoms with Crippen molar-refractivity contribution in [1.82, 2.24) is 15.1 Å². The molecule has 2 aliphatic heterocycles. The molecule has 0 aromatic heterocycles. The Morgan fingerprint density at radius 1 is 1.12 bits per heavy atom. The van der Waals surface area contributed by atoms with E-state index in [1.165, 1.54) is 18.2 Å². The molecule has 0 saturated carbocycles. The van der Waals surface area contributed by atoms with Gasteiger partial charge >= 0.3 is 12.8 Å². The third-order valence-electron chi connectivity index (χ3n) is 5.75. The molecule has 2 N–H and O–H groups in total. The second-order valence-corrected chi connectivity index (χ2v) is 9.05. The molecule has 3 rings (SSSR count). The number of alkyl halides is 5. The van der Waals surface area contributed by atoms with Crippen LogP contribution in [0.3, 0.4) is 0 Å². The minimum Gasteiger partial charge on any atom is -0.433 e. The molecule has 2 saturated heterocycles. The van der Waals surface area contributed by atoms with E-state index >= 15 is 0 Å². The lowest BCUT2D eigenvalue weighted by atomic mass is 10.1. The number of ether oxygens (including phenoxy) is 1. The Kier molecular flexibility index (Phi) is 7.39. The van der Waals surface area contributed by atoms with Crippen LogP contribution in [0.1, 0.15) is 20.3 Å². The number of carbonyl (C=O) groups excluding carboxylic acids is 2. The van der Waals surface area contributed by atoms with Crippen molar-refractivity contribution in [2.45, 2.75) is 50.7 Å². The van der Waals surface area contributed by atoms with E-state index in [1.807, 2.05) is 15.1 Å². The molecule has 2 atom stereocenters. The van der Waals surface area contributed by atoms with Gasteiger partial charge in [-0.1, -0.05) is 11.6 Å². The standard InChI is InChI=1S/C20H24ClF5N4O3/c1-19(2,20(24,25)26)28-17(32)10-30-8-12-6-13(30)7-29(12)9-16(31)27-11-3-4-14(21)15(5-11)33-18(22)23/h3-5,12-13,18H,6-10H2,1-2H3,(H,27,31)(H,28,32). The normalized spacial score (nSPS) is 21.5. The highest BCUT2D eigenvalue weighted by Gasteiger charge is 2.49. The highest BCUT2D eigenvalue weighted by atomic mass is 35.5. The van der Waals surface area contributed by atoms with E-state index in [9.17, 15) is 31.5 Å². The van der Waals surface area contributed by atoms with Crippen LogP contribution in [0, 0.1) is 0 Å². The average molecular weight is 499 g/mol. The molecule has 7 nitrogen and oxygen atoms in total. The smallest absolute Gasteiger partial charge is 0.410 e. The molecule has 33 heavy (non-hydrogen) atoms. The SMILES string of the molecule is CC(C)(NC(=O)CN1CC2CC1CN2CC(=O)Nc1ccc(Cl)c(OC(F)F)c1)C(F)(F)F. The summed E-state index contributed by atoms with van der Waals surface area (Å²) in [6.45, 7) is -0.429. The maximum Gasteiger partial charge on any atom is 0.410 e. The van der Waals surface area contributed by atoms with Gasteiger partial charge in [0.1, 0.15) is 11.3 Å². The second-order valence-electron chi connectivity index (χ2n) is 8.65. The number of halogens is 6. The summed E-state index contributed by atoms with van der Waals surface area (Å²) in [5.74, 6) is -1.34. The Labute approximate surface area is 192 Å². The van der Waals surface area contributed by atoms with Crippen LogP contribution < -0.4 is 15.4 Å². The third-order valence-corrected chi connectivity index (χ3v) is 6.06. The quantitative estimate of drug-likeness (QED) is 0.539. The number of carbonyl (C=O) groups is 2. The van der Waals surface area contributed by atoms with Gasteiger partial charge in [-0.05, 0) is 32.4 Å². The Bertz CT molecular complexity index is 899. The molecule has 2 fully saturated rings. The molecular formula is C20H24ClF5N4O3. The molecular weight excluding hydrogens is 475 g/mol. The molecule has 0 spiro atoms. The monoisotopic (exact) mass is 498 g/mol. The number of hydrogen-bond acceptors (Lipinski definition) is 5. The maximum absolute atomic E-state index is 13.0. The molecule has 2 heterocycles. The summed E-state index contributed by atoms with van der Waals surface area (Å²) in [5.41, 5.74) is -2.08. The first-order valence-corrected chi connectivity index (χ1v) is 10.5. The molecule has 184 valence electrons. The fraction of sp³-hybridized carbons (Fsp3) is 0.600. The summed E-state index contributed by atoms with van der Waals surface area (Å²) in [6, 6.07) is 3.91. The molecule has 2 bridgehead atoms. The zero-order valence-corrected chi connectivity index (χ0v) is 18.6. The van der Waals surface area contributed by atoms with Gasteiger partial charge in [-0.25, -0.2) is 0 Å². The molecule has 1 aromatic carbocycles. The highest BCUT2D eigenvalue weighted by molar-refractivity contribution is 6.32. The number of nitrogens with zero attached hydrogens (tertiary/aromatic N) is 2. The predicted molar refractivity (Wildman–Crippen MR) is 110 cm³/mol. The van der Waals surface area contributed by atoms with Crippen molar-refractivity contribution in [3.8, 4) is 5.75 Å². The van der Waals surface area contributed by atoms with Crippen LogP contribution in [0.15, 0.2) is 18.2 Å². The van der Waals surface area contributed by atoms with Crippen molar-refractivity contribution < 1.29 is 36.3 Å². The summed E-state index contributed by atoms with van der Waals surface area (Å²) < 4.78 is 68.1. The maximum atomic E-state index is 13.0. The summed E-state index contributed by atoms with van der Waals surface area (Å²) >= 11 is 5.80. The lowest BCUT2D eigenvalue weighted by Gasteiger charge is -2.34. The van der Waals surface area contributed by atoms with E-state index in [0.717, 1.165) is 13.8 Å². The molecule has 2 amide bonds.